The fourth-order valence-electron chi connectivity index (χ4n) is 2.76. The summed E-state index contributed by atoms with van der Waals surface area (Å²) in [5.74, 6) is -0.547. The molecule has 2 heterocycles. The predicted molar refractivity (Wildman–Crippen MR) is 99.0 cm³/mol. The lowest BCUT2D eigenvalue weighted by Crippen LogP contribution is -2.27. The minimum Gasteiger partial charge on any atom is -0.309 e. The largest absolute Gasteiger partial charge is 0.416 e. The van der Waals surface area contributed by atoms with E-state index in [0.29, 0.717) is 5.69 Å². The highest BCUT2D eigenvalue weighted by Gasteiger charge is 2.31. The van der Waals surface area contributed by atoms with Crippen LogP contribution in [-0.2, 0) is 6.18 Å². The number of rotatable bonds is 3. The molecule has 0 aliphatic rings. The SMILES string of the molecule is Cc1nc(C)c(-c2ccncc2N(C)C(=O)c2cccc(C(F)(F)F)c2)s1. The molecule has 27 heavy (non-hydrogen) atoms. The molecule has 1 amide bonds. The number of carbonyl (C=O) groups excluding carboxylic acids is 1. The number of nitrogens with zero attached hydrogens (tertiary/aromatic N) is 3. The third kappa shape index (κ3) is 3.85. The van der Waals surface area contributed by atoms with Gasteiger partial charge in [0.25, 0.3) is 5.91 Å². The summed E-state index contributed by atoms with van der Waals surface area (Å²) in [5.41, 5.74) is 1.19. The number of thiazole rings is 1. The quantitative estimate of drug-likeness (QED) is 0.623. The van der Waals surface area contributed by atoms with Gasteiger partial charge in [0.05, 0.1) is 33.0 Å². The molecule has 0 saturated heterocycles. The van der Waals surface area contributed by atoms with E-state index in [2.05, 4.69) is 9.97 Å². The molecule has 0 N–H and O–H groups in total. The number of halogens is 3. The fourth-order valence-corrected chi connectivity index (χ4v) is 3.71. The molecule has 1 aromatic carbocycles. The second-order valence-corrected chi connectivity index (χ2v) is 7.19. The average Bonchev–Trinajstić information content (AvgIpc) is 2.98. The minimum absolute atomic E-state index is 0.0423. The number of amides is 1. The molecule has 8 heteroatoms. The number of benzene rings is 1. The van der Waals surface area contributed by atoms with Crippen LogP contribution in [0.5, 0.6) is 0 Å². The lowest BCUT2D eigenvalue weighted by atomic mass is 10.1. The van der Waals surface area contributed by atoms with E-state index < -0.39 is 17.6 Å². The minimum atomic E-state index is -4.51. The third-order valence-electron chi connectivity index (χ3n) is 4.05. The van der Waals surface area contributed by atoms with E-state index in [1.54, 1.807) is 12.3 Å². The van der Waals surface area contributed by atoms with Gasteiger partial charge in [0, 0.05) is 24.4 Å². The molecule has 3 rings (SSSR count). The van der Waals surface area contributed by atoms with Gasteiger partial charge in [0.1, 0.15) is 0 Å². The highest BCUT2D eigenvalue weighted by molar-refractivity contribution is 7.15. The van der Waals surface area contributed by atoms with Crippen molar-refractivity contribution in [3.8, 4) is 10.4 Å². The Balaban J connectivity index is 2.01. The number of aryl methyl sites for hydroxylation is 2. The summed E-state index contributed by atoms with van der Waals surface area (Å²) in [5, 5.41) is 0.886. The molecule has 0 radical (unpaired) electrons. The molecule has 140 valence electrons. The predicted octanol–water partition coefficient (Wildman–Crippen LogP) is 5.12. The van der Waals surface area contributed by atoms with Gasteiger partial charge in [-0.3, -0.25) is 9.78 Å². The monoisotopic (exact) mass is 391 g/mol. The molecule has 0 atom stereocenters. The first-order valence-corrected chi connectivity index (χ1v) is 8.84. The maximum absolute atomic E-state index is 12.9. The summed E-state index contributed by atoms with van der Waals surface area (Å²) in [6.45, 7) is 3.76. The van der Waals surface area contributed by atoms with Crippen LogP contribution in [0.15, 0.2) is 42.7 Å². The molecule has 0 fully saturated rings. The van der Waals surface area contributed by atoms with Crippen molar-refractivity contribution in [2.75, 3.05) is 11.9 Å². The van der Waals surface area contributed by atoms with Crippen molar-refractivity contribution in [3.63, 3.8) is 0 Å². The Morgan fingerprint density at radius 2 is 1.93 bits per heavy atom. The van der Waals surface area contributed by atoms with Crippen molar-refractivity contribution in [1.82, 2.24) is 9.97 Å². The standard InChI is InChI=1S/C19H16F3N3OS/c1-11-17(27-12(2)24-11)15-7-8-23-10-16(15)25(3)18(26)13-5-4-6-14(9-13)19(20,21)22/h4-10H,1-3H3. The topological polar surface area (TPSA) is 46.1 Å². The second kappa shape index (κ2) is 7.11. The van der Waals surface area contributed by atoms with Gasteiger partial charge in [-0.2, -0.15) is 13.2 Å². The smallest absolute Gasteiger partial charge is 0.309 e. The van der Waals surface area contributed by atoms with Crippen molar-refractivity contribution in [1.29, 1.82) is 0 Å². The number of hydrogen-bond donors (Lipinski definition) is 0. The Bertz CT molecular complexity index is 998. The van der Waals surface area contributed by atoms with Gasteiger partial charge in [-0.05, 0) is 38.1 Å². The molecule has 0 spiro atoms. The van der Waals surface area contributed by atoms with Gasteiger partial charge in [-0.25, -0.2) is 4.98 Å². The molecule has 4 nitrogen and oxygen atoms in total. The van der Waals surface area contributed by atoms with Crippen molar-refractivity contribution < 1.29 is 18.0 Å². The van der Waals surface area contributed by atoms with Crippen molar-refractivity contribution >= 4 is 22.9 Å². The highest BCUT2D eigenvalue weighted by atomic mass is 32.1. The first-order valence-electron chi connectivity index (χ1n) is 8.02. The van der Waals surface area contributed by atoms with Crippen LogP contribution in [0.4, 0.5) is 18.9 Å². The van der Waals surface area contributed by atoms with Gasteiger partial charge in [0.15, 0.2) is 0 Å². The Morgan fingerprint density at radius 1 is 1.19 bits per heavy atom. The molecular formula is C19H16F3N3OS. The van der Waals surface area contributed by atoms with E-state index in [1.807, 2.05) is 13.8 Å². The van der Waals surface area contributed by atoms with Crippen LogP contribution in [0.1, 0.15) is 26.6 Å². The normalized spacial score (nSPS) is 11.5. The van der Waals surface area contributed by atoms with E-state index in [4.69, 9.17) is 0 Å². The zero-order chi connectivity index (χ0) is 19.8. The van der Waals surface area contributed by atoms with Crippen LogP contribution >= 0.6 is 11.3 Å². The van der Waals surface area contributed by atoms with E-state index in [0.717, 1.165) is 33.3 Å². The molecule has 3 aromatic rings. The van der Waals surface area contributed by atoms with Crippen molar-refractivity contribution in [2.24, 2.45) is 0 Å². The van der Waals surface area contributed by atoms with Crippen LogP contribution in [0, 0.1) is 13.8 Å². The first-order chi connectivity index (χ1) is 12.7. The maximum atomic E-state index is 12.9. The Labute approximate surface area is 158 Å². The summed E-state index contributed by atoms with van der Waals surface area (Å²) in [6.07, 6.45) is -1.38. The summed E-state index contributed by atoms with van der Waals surface area (Å²) in [4.78, 5) is 23.5. The van der Waals surface area contributed by atoms with Gasteiger partial charge in [-0.15, -0.1) is 11.3 Å². The number of pyridine rings is 1. The molecule has 0 bridgehead atoms. The molecule has 0 aliphatic carbocycles. The van der Waals surface area contributed by atoms with Gasteiger partial charge < -0.3 is 4.90 Å². The molecule has 2 aromatic heterocycles. The number of anilines is 1. The van der Waals surface area contributed by atoms with E-state index >= 15 is 0 Å². The number of carbonyl (C=O) groups is 1. The fraction of sp³-hybridized carbons (Fsp3) is 0.211. The van der Waals surface area contributed by atoms with E-state index in [9.17, 15) is 18.0 Å². The highest BCUT2D eigenvalue weighted by Crippen LogP contribution is 2.36. The van der Waals surface area contributed by atoms with Gasteiger partial charge in [0.2, 0.25) is 0 Å². The van der Waals surface area contributed by atoms with Gasteiger partial charge in [-0.1, -0.05) is 6.07 Å². The van der Waals surface area contributed by atoms with E-state index in [-0.39, 0.29) is 5.56 Å². The van der Waals surface area contributed by atoms with Crippen molar-refractivity contribution in [3.05, 3.63) is 64.6 Å². The summed E-state index contributed by atoms with van der Waals surface area (Å²) < 4.78 is 38.8. The Hall–Kier alpha value is -2.74. The zero-order valence-corrected chi connectivity index (χ0v) is 15.6. The maximum Gasteiger partial charge on any atom is 0.416 e. The summed E-state index contributed by atoms with van der Waals surface area (Å²) in [6, 6.07) is 6.16. The summed E-state index contributed by atoms with van der Waals surface area (Å²) >= 11 is 1.49. The average molecular weight is 391 g/mol. The Morgan fingerprint density at radius 3 is 2.56 bits per heavy atom. The lowest BCUT2D eigenvalue weighted by Gasteiger charge is -2.20. The number of alkyl halides is 3. The Kier molecular flexibility index (Phi) is 5.01. The third-order valence-corrected chi connectivity index (χ3v) is 5.16. The van der Waals surface area contributed by atoms with Crippen LogP contribution in [0.3, 0.4) is 0 Å². The van der Waals surface area contributed by atoms with Crippen LogP contribution < -0.4 is 4.90 Å². The number of hydrogen-bond acceptors (Lipinski definition) is 4. The molecular weight excluding hydrogens is 375 g/mol. The molecule has 0 unspecified atom stereocenters. The summed E-state index contributed by atoms with van der Waals surface area (Å²) in [7, 11) is 1.52. The first kappa shape index (κ1) is 19.0. The van der Waals surface area contributed by atoms with E-state index in [1.165, 1.54) is 41.6 Å². The van der Waals surface area contributed by atoms with Crippen LogP contribution in [0.2, 0.25) is 0 Å². The van der Waals surface area contributed by atoms with Crippen LogP contribution in [-0.4, -0.2) is 22.9 Å². The zero-order valence-electron chi connectivity index (χ0n) is 14.8. The number of aromatic nitrogens is 2. The molecule has 0 aliphatic heterocycles. The van der Waals surface area contributed by atoms with Crippen molar-refractivity contribution in [2.45, 2.75) is 20.0 Å². The van der Waals surface area contributed by atoms with Gasteiger partial charge >= 0.3 is 6.18 Å². The second-order valence-electron chi connectivity index (χ2n) is 5.98. The lowest BCUT2D eigenvalue weighted by molar-refractivity contribution is -0.137. The molecule has 0 saturated carbocycles. The van der Waals surface area contributed by atoms with Crippen LogP contribution in [0.25, 0.3) is 10.4 Å².